The Balaban J connectivity index is 1.51. The molecular weight excluding hydrogens is 452 g/mol. The third kappa shape index (κ3) is 5.13. The molecular formula is C28H30N6O2. The smallest absolute Gasteiger partial charge is 0.252 e. The Kier molecular flexibility index (Phi) is 7.04. The first-order chi connectivity index (χ1) is 17.6. The molecule has 8 heteroatoms. The maximum Gasteiger partial charge on any atom is 0.252 e. The van der Waals surface area contributed by atoms with E-state index >= 15 is 0 Å². The maximum atomic E-state index is 13.1. The summed E-state index contributed by atoms with van der Waals surface area (Å²) >= 11 is 0. The molecule has 5 rings (SSSR count). The SMILES string of the molecule is CCc1ccc2[nH]c(=O)c(CN(Cc3ccco3)[C@H](CC)c3nnnn3Cc3ccccc3)cc2c1. The summed E-state index contributed by atoms with van der Waals surface area (Å²) in [5.41, 5.74) is 3.81. The summed E-state index contributed by atoms with van der Waals surface area (Å²) in [6.45, 7) is 5.77. The number of benzene rings is 2. The minimum Gasteiger partial charge on any atom is -0.468 e. The van der Waals surface area contributed by atoms with Crippen LogP contribution in [0.25, 0.3) is 10.9 Å². The number of tetrazole rings is 1. The van der Waals surface area contributed by atoms with E-state index in [0.29, 0.717) is 25.2 Å². The minimum absolute atomic E-state index is 0.0880. The summed E-state index contributed by atoms with van der Waals surface area (Å²) in [5, 5.41) is 13.7. The number of pyridine rings is 1. The predicted molar refractivity (Wildman–Crippen MR) is 138 cm³/mol. The summed E-state index contributed by atoms with van der Waals surface area (Å²) in [5.74, 6) is 1.58. The zero-order valence-electron chi connectivity index (χ0n) is 20.6. The van der Waals surface area contributed by atoms with Crippen LogP contribution in [0.1, 0.15) is 54.6 Å². The van der Waals surface area contributed by atoms with Crippen molar-refractivity contribution in [3.05, 3.63) is 112 Å². The van der Waals surface area contributed by atoms with Crippen molar-refractivity contribution in [2.45, 2.75) is 52.4 Å². The van der Waals surface area contributed by atoms with Crippen molar-refractivity contribution in [1.29, 1.82) is 0 Å². The van der Waals surface area contributed by atoms with Crippen molar-refractivity contribution in [2.24, 2.45) is 0 Å². The molecule has 0 aliphatic rings. The van der Waals surface area contributed by atoms with Crippen LogP contribution in [0.2, 0.25) is 0 Å². The van der Waals surface area contributed by atoms with Crippen LogP contribution in [-0.2, 0) is 26.1 Å². The fraction of sp³-hybridized carbons (Fsp3) is 0.286. The topological polar surface area (TPSA) is 92.8 Å². The van der Waals surface area contributed by atoms with Crippen LogP contribution in [0.15, 0.2) is 82.2 Å². The number of furan rings is 1. The Morgan fingerprint density at radius 1 is 1.00 bits per heavy atom. The molecule has 0 radical (unpaired) electrons. The molecule has 1 N–H and O–H groups in total. The van der Waals surface area contributed by atoms with Gasteiger partial charge in [0, 0.05) is 17.6 Å². The van der Waals surface area contributed by atoms with E-state index in [1.54, 1.807) is 6.26 Å². The molecule has 0 bridgehead atoms. The molecule has 0 amide bonds. The van der Waals surface area contributed by atoms with E-state index in [0.717, 1.165) is 40.9 Å². The predicted octanol–water partition coefficient (Wildman–Crippen LogP) is 4.87. The highest BCUT2D eigenvalue weighted by Crippen LogP contribution is 2.27. The number of H-pyrrole nitrogens is 1. The van der Waals surface area contributed by atoms with Gasteiger partial charge < -0.3 is 9.40 Å². The molecule has 8 nitrogen and oxygen atoms in total. The van der Waals surface area contributed by atoms with E-state index in [1.165, 1.54) is 5.56 Å². The summed E-state index contributed by atoms with van der Waals surface area (Å²) < 4.78 is 7.53. The van der Waals surface area contributed by atoms with Gasteiger partial charge in [-0.05, 0) is 70.1 Å². The lowest BCUT2D eigenvalue weighted by Gasteiger charge is -2.29. The highest BCUT2D eigenvalue weighted by Gasteiger charge is 2.26. The maximum absolute atomic E-state index is 13.1. The molecule has 0 spiro atoms. The van der Waals surface area contributed by atoms with Crippen LogP contribution in [-0.4, -0.2) is 30.1 Å². The average Bonchev–Trinajstić information content (AvgIpc) is 3.58. The van der Waals surface area contributed by atoms with E-state index in [4.69, 9.17) is 4.42 Å². The Hall–Kier alpha value is -4.04. The largest absolute Gasteiger partial charge is 0.468 e. The number of aromatic nitrogens is 5. The Morgan fingerprint density at radius 2 is 1.86 bits per heavy atom. The number of nitrogens with one attached hydrogen (secondary N) is 1. The van der Waals surface area contributed by atoms with Gasteiger partial charge in [-0.25, -0.2) is 4.68 Å². The Labute approximate surface area is 209 Å². The van der Waals surface area contributed by atoms with E-state index < -0.39 is 0 Å². The van der Waals surface area contributed by atoms with E-state index in [9.17, 15) is 4.79 Å². The van der Waals surface area contributed by atoms with E-state index in [1.807, 2.05) is 47.1 Å². The number of rotatable bonds is 10. The van der Waals surface area contributed by atoms with Gasteiger partial charge in [0.1, 0.15) is 5.76 Å². The third-order valence-electron chi connectivity index (χ3n) is 6.57. The number of fused-ring (bicyclic) bond motifs is 1. The van der Waals surface area contributed by atoms with E-state index in [2.05, 4.69) is 63.5 Å². The molecule has 2 aromatic carbocycles. The third-order valence-corrected chi connectivity index (χ3v) is 6.57. The molecule has 1 atom stereocenters. The lowest BCUT2D eigenvalue weighted by atomic mass is 10.1. The molecule has 0 unspecified atom stereocenters. The fourth-order valence-corrected chi connectivity index (χ4v) is 4.66. The van der Waals surface area contributed by atoms with Crippen molar-refractivity contribution >= 4 is 10.9 Å². The molecule has 0 aliphatic carbocycles. The monoisotopic (exact) mass is 482 g/mol. The van der Waals surface area contributed by atoms with Gasteiger partial charge in [0.25, 0.3) is 5.56 Å². The number of aryl methyl sites for hydroxylation is 1. The van der Waals surface area contributed by atoms with Gasteiger partial charge in [-0.1, -0.05) is 50.2 Å². The lowest BCUT2D eigenvalue weighted by molar-refractivity contribution is 0.149. The zero-order valence-corrected chi connectivity index (χ0v) is 20.6. The molecule has 184 valence electrons. The first-order valence-electron chi connectivity index (χ1n) is 12.4. The van der Waals surface area contributed by atoms with Gasteiger partial charge in [-0.2, -0.15) is 0 Å². The Bertz CT molecular complexity index is 1470. The first kappa shape index (κ1) is 23.7. The number of hydrogen-bond donors (Lipinski definition) is 1. The average molecular weight is 483 g/mol. The highest BCUT2D eigenvalue weighted by atomic mass is 16.3. The first-order valence-corrected chi connectivity index (χ1v) is 12.4. The molecule has 0 aliphatic heterocycles. The second kappa shape index (κ2) is 10.7. The lowest BCUT2D eigenvalue weighted by Crippen LogP contribution is -2.32. The van der Waals surface area contributed by atoms with Crippen LogP contribution in [0.3, 0.4) is 0 Å². The Morgan fingerprint density at radius 3 is 2.61 bits per heavy atom. The minimum atomic E-state index is -0.120. The fourth-order valence-electron chi connectivity index (χ4n) is 4.66. The van der Waals surface area contributed by atoms with Gasteiger partial charge in [-0.3, -0.25) is 9.69 Å². The van der Waals surface area contributed by atoms with Crippen molar-refractivity contribution in [2.75, 3.05) is 0 Å². The van der Waals surface area contributed by atoms with Crippen LogP contribution in [0.4, 0.5) is 0 Å². The van der Waals surface area contributed by atoms with Crippen molar-refractivity contribution in [1.82, 2.24) is 30.1 Å². The number of nitrogens with zero attached hydrogens (tertiary/aromatic N) is 5. The quantitative estimate of drug-likeness (QED) is 0.305. The second-order valence-corrected chi connectivity index (χ2v) is 8.99. The second-order valence-electron chi connectivity index (χ2n) is 8.99. The van der Waals surface area contributed by atoms with Crippen molar-refractivity contribution < 1.29 is 4.42 Å². The molecule has 0 saturated carbocycles. The van der Waals surface area contributed by atoms with Gasteiger partial charge in [0.2, 0.25) is 0 Å². The number of hydrogen-bond acceptors (Lipinski definition) is 6. The van der Waals surface area contributed by atoms with Crippen LogP contribution < -0.4 is 5.56 Å². The van der Waals surface area contributed by atoms with Gasteiger partial charge in [-0.15, -0.1) is 5.10 Å². The molecule has 0 saturated heterocycles. The van der Waals surface area contributed by atoms with Gasteiger partial charge in [0.15, 0.2) is 5.82 Å². The summed E-state index contributed by atoms with van der Waals surface area (Å²) in [7, 11) is 0. The highest BCUT2D eigenvalue weighted by molar-refractivity contribution is 5.79. The summed E-state index contributed by atoms with van der Waals surface area (Å²) in [6, 6.07) is 22.0. The summed E-state index contributed by atoms with van der Waals surface area (Å²) in [4.78, 5) is 18.4. The molecule has 3 heterocycles. The molecule has 5 aromatic rings. The van der Waals surface area contributed by atoms with Gasteiger partial charge in [0.05, 0.1) is 25.4 Å². The van der Waals surface area contributed by atoms with Crippen LogP contribution >= 0.6 is 0 Å². The van der Waals surface area contributed by atoms with Gasteiger partial charge >= 0.3 is 0 Å². The van der Waals surface area contributed by atoms with Crippen LogP contribution in [0.5, 0.6) is 0 Å². The van der Waals surface area contributed by atoms with Crippen molar-refractivity contribution in [3.8, 4) is 0 Å². The van der Waals surface area contributed by atoms with E-state index in [-0.39, 0.29) is 11.6 Å². The molecule has 36 heavy (non-hydrogen) atoms. The molecule has 3 aromatic heterocycles. The normalized spacial score (nSPS) is 12.4. The standard InChI is InChI=1S/C28H30N6O2/c1-3-20-12-13-25-22(15-20)16-23(28(35)29-25)18-33(19-24-11-8-14-36-24)26(4-2)27-30-31-32-34(27)17-21-9-6-5-7-10-21/h5-16,26H,3-4,17-19H2,1-2H3,(H,29,35)/t26-/m1/s1. The zero-order chi connectivity index (χ0) is 24.9. The van der Waals surface area contributed by atoms with Crippen LogP contribution in [0, 0.1) is 0 Å². The number of aromatic amines is 1. The summed E-state index contributed by atoms with van der Waals surface area (Å²) in [6.07, 6.45) is 3.38. The molecule has 0 fully saturated rings. The van der Waals surface area contributed by atoms with Crippen molar-refractivity contribution in [3.63, 3.8) is 0 Å².